The number of nitrogens with zero attached hydrogens (tertiary/aromatic N) is 2. The molecule has 1 amide bonds. The SMILES string of the molecule is O=C(C1CCOCC1)N1CCN(C(c2ccccc2)c2ccccc2)CC1. The van der Waals surface area contributed by atoms with Crippen LogP contribution in [0.2, 0.25) is 0 Å². The molecule has 27 heavy (non-hydrogen) atoms. The molecule has 2 heterocycles. The van der Waals surface area contributed by atoms with Gasteiger partial charge >= 0.3 is 0 Å². The molecular weight excluding hydrogens is 336 g/mol. The lowest BCUT2D eigenvalue weighted by molar-refractivity contribution is -0.140. The highest BCUT2D eigenvalue weighted by atomic mass is 16.5. The van der Waals surface area contributed by atoms with Crippen molar-refractivity contribution in [2.45, 2.75) is 18.9 Å². The van der Waals surface area contributed by atoms with Gasteiger partial charge in [-0.05, 0) is 24.0 Å². The molecule has 0 atom stereocenters. The zero-order chi connectivity index (χ0) is 18.5. The first kappa shape index (κ1) is 18.2. The van der Waals surface area contributed by atoms with Crippen LogP contribution in [0.4, 0.5) is 0 Å². The predicted molar refractivity (Wildman–Crippen MR) is 106 cm³/mol. The Labute approximate surface area is 161 Å². The summed E-state index contributed by atoms with van der Waals surface area (Å²) in [5.41, 5.74) is 2.63. The second kappa shape index (κ2) is 8.68. The topological polar surface area (TPSA) is 32.8 Å². The van der Waals surface area contributed by atoms with Crippen molar-refractivity contribution in [1.29, 1.82) is 0 Å². The molecule has 0 bridgehead atoms. The molecular formula is C23H28N2O2. The number of carbonyl (C=O) groups excluding carboxylic acids is 1. The van der Waals surface area contributed by atoms with E-state index in [0.717, 1.165) is 52.2 Å². The van der Waals surface area contributed by atoms with Gasteiger partial charge in [-0.15, -0.1) is 0 Å². The van der Waals surface area contributed by atoms with Crippen molar-refractivity contribution in [2.75, 3.05) is 39.4 Å². The molecule has 0 aliphatic carbocycles. The summed E-state index contributed by atoms with van der Waals surface area (Å²) in [5, 5.41) is 0. The number of rotatable bonds is 4. The molecule has 0 unspecified atom stereocenters. The average molecular weight is 364 g/mol. The summed E-state index contributed by atoms with van der Waals surface area (Å²) in [4.78, 5) is 17.4. The molecule has 0 radical (unpaired) electrons. The molecule has 2 aromatic carbocycles. The molecule has 4 rings (SSSR count). The van der Waals surface area contributed by atoms with Gasteiger partial charge in [0.2, 0.25) is 5.91 Å². The summed E-state index contributed by atoms with van der Waals surface area (Å²) >= 11 is 0. The van der Waals surface area contributed by atoms with Gasteiger partial charge in [0, 0.05) is 45.3 Å². The minimum Gasteiger partial charge on any atom is -0.381 e. The van der Waals surface area contributed by atoms with Gasteiger partial charge in [-0.25, -0.2) is 0 Å². The van der Waals surface area contributed by atoms with Crippen molar-refractivity contribution in [3.63, 3.8) is 0 Å². The number of carbonyl (C=O) groups is 1. The van der Waals surface area contributed by atoms with Gasteiger partial charge in [-0.3, -0.25) is 9.69 Å². The third-order valence-electron chi connectivity index (χ3n) is 5.79. The Morgan fingerprint density at radius 3 is 1.85 bits per heavy atom. The molecule has 2 saturated heterocycles. The fourth-order valence-electron chi connectivity index (χ4n) is 4.29. The molecule has 2 aromatic rings. The summed E-state index contributed by atoms with van der Waals surface area (Å²) in [5.74, 6) is 0.485. The Bertz CT molecular complexity index is 681. The van der Waals surface area contributed by atoms with E-state index in [4.69, 9.17) is 4.74 Å². The van der Waals surface area contributed by atoms with Crippen molar-refractivity contribution in [3.05, 3.63) is 71.8 Å². The van der Waals surface area contributed by atoms with Crippen molar-refractivity contribution in [1.82, 2.24) is 9.80 Å². The molecule has 0 N–H and O–H groups in total. The highest BCUT2D eigenvalue weighted by molar-refractivity contribution is 5.79. The molecule has 2 aliphatic heterocycles. The monoisotopic (exact) mass is 364 g/mol. The Hall–Kier alpha value is -2.17. The smallest absolute Gasteiger partial charge is 0.225 e. The van der Waals surface area contributed by atoms with Gasteiger partial charge in [-0.2, -0.15) is 0 Å². The predicted octanol–water partition coefficient (Wildman–Crippen LogP) is 3.35. The Kier molecular flexibility index (Phi) is 5.85. The number of hydrogen-bond acceptors (Lipinski definition) is 3. The van der Waals surface area contributed by atoms with Crippen LogP contribution in [-0.2, 0) is 9.53 Å². The maximum Gasteiger partial charge on any atom is 0.225 e. The number of hydrogen-bond donors (Lipinski definition) is 0. The van der Waals surface area contributed by atoms with Crippen LogP contribution in [-0.4, -0.2) is 55.1 Å². The van der Waals surface area contributed by atoms with Crippen LogP contribution in [0.1, 0.15) is 30.0 Å². The molecule has 2 fully saturated rings. The number of amides is 1. The zero-order valence-electron chi connectivity index (χ0n) is 15.8. The van der Waals surface area contributed by atoms with E-state index in [1.165, 1.54) is 11.1 Å². The van der Waals surface area contributed by atoms with Crippen LogP contribution >= 0.6 is 0 Å². The lowest BCUT2D eigenvalue weighted by atomic mass is 9.95. The van der Waals surface area contributed by atoms with Gasteiger partial charge in [0.25, 0.3) is 0 Å². The first-order valence-corrected chi connectivity index (χ1v) is 10.0. The van der Waals surface area contributed by atoms with E-state index in [2.05, 4.69) is 70.5 Å². The fraction of sp³-hybridized carbons (Fsp3) is 0.435. The van der Waals surface area contributed by atoms with E-state index in [1.807, 2.05) is 0 Å². The van der Waals surface area contributed by atoms with Gasteiger partial charge in [0.05, 0.1) is 6.04 Å². The third kappa shape index (κ3) is 4.23. The van der Waals surface area contributed by atoms with Crippen LogP contribution < -0.4 is 0 Å². The third-order valence-corrected chi connectivity index (χ3v) is 5.79. The van der Waals surface area contributed by atoms with Crippen molar-refractivity contribution >= 4 is 5.91 Å². The molecule has 4 nitrogen and oxygen atoms in total. The van der Waals surface area contributed by atoms with E-state index >= 15 is 0 Å². The van der Waals surface area contributed by atoms with Crippen molar-refractivity contribution in [3.8, 4) is 0 Å². The zero-order valence-corrected chi connectivity index (χ0v) is 15.8. The summed E-state index contributed by atoms with van der Waals surface area (Å²) < 4.78 is 5.40. The Balaban J connectivity index is 1.46. The van der Waals surface area contributed by atoms with Gasteiger partial charge < -0.3 is 9.64 Å². The molecule has 0 saturated carbocycles. The maximum atomic E-state index is 12.8. The van der Waals surface area contributed by atoms with Crippen molar-refractivity contribution < 1.29 is 9.53 Å². The van der Waals surface area contributed by atoms with E-state index in [-0.39, 0.29) is 12.0 Å². The number of ether oxygens (including phenoxy) is 1. The van der Waals surface area contributed by atoms with E-state index in [0.29, 0.717) is 5.91 Å². The molecule has 142 valence electrons. The first-order valence-electron chi connectivity index (χ1n) is 10.0. The molecule has 4 heteroatoms. The van der Waals surface area contributed by atoms with Gasteiger partial charge in [0.1, 0.15) is 0 Å². The van der Waals surface area contributed by atoms with E-state index in [1.54, 1.807) is 0 Å². The van der Waals surface area contributed by atoms with E-state index in [9.17, 15) is 4.79 Å². The summed E-state index contributed by atoms with van der Waals surface area (Å²) in [6, 6.07) is 21.6. The highest BCUT2D eigenvalue weighted by Crippen LogP contribution is 2.30. The van der Waals surface area contributed by atoms with Crippen LogP contribution in [0, 0.1) is 5.92 Å². The Morgan fingerprint density at radius 2 is 1.33 bits per heavy atom. The molecule has 2 aliphatic rings. The fourth-order valence-corrected chi connectivity index (χ4v) is 4.29. The summed E-state index contributed by atoms with van der Waals surface area (Å²) in [7, 11) is 0. The normalized spacial score (nSPS) is 19.4. The average Bonchev–Trinajstić information content (AvgIpc) is 2.76. The lowest BCUT2D eigenvalue weighted by Crippen LogP contribution is -2.51. The lowest BCUT2D eigenvalue weighted by Gasteiger charge is -2.41. The van der Waals surface area contributed by atoms with Gasteiger partial charge in [0.15, 0.2) is 0 Å². The Morgan fingerprint density at radius 1 is 0.815 bits per heavy atom. The highest BCUT2D eigenvalue weighted by Gasteiger charge is 2.31. The largest absolute Gasteiger partial charge is 0.381 e. The van der Waals surface area contributed by atoms with Crippen LogP contribution in [0.5, 0.6) is 0 Å². The standard InChI is InChI=1S/C23H28N2O2/c26-23(21-11-17-27-18-12-21)25-15-13-24(14-16-25)22(19-7-3-1-4-8-19)20-9-5-2-6-10-20/h1-10,21-22H,11-18H2. The van der Waals surface area contributed by atoms with Crippen LogP contribution in [0.25, 0.3) is 0 Å². The summed E-state index contributed by atoms with van der Waals surface area (Å²) in [6.07, 6.45) is 1.74. The first-order chi connectivity index (χ1) is 13.3. The van der Waals surface area contributed by atoms with Gasteiger partial charge in [-0.1, -0.05) is 60.7 Å². The van der Waals surface area contributed by atoms with E-state index < -0.39 is 0 Å². The molecule has 0 aromatic heterocycles. The second-order valence-electron chi connectivity index (χ2n) is 7.47. The van der Waals surface area contributed by atoms with Crippen LogP contribution in [0.15, 0.2) is 60.7 Å². The minimum absolute atomic E-state index is 0.157. The quantitative estimate of drug-likeness (QED) is 0.834. The van der Waals surface area contributed by atoms with Crippen molar-refractivity contribution in [2.24, 2.45) is 5.92 Å². The number of piperazine rings is 1. The molecule has 0 spiro atoms. The minimum atomic E-state index is 0.157. The second-order valence-corrected chi connectivity index (χ2v) is 7.47. The number of benzene rings is 2. The maximum absolute atomic E-state index is 12.8. The summed E-state index contributed by atoms with van der Waals surface area (Å²) in [6.45, 7) is 4.88. The van der Waals surface area contributed by atoms with Crippen LogP contribution in [0.3, 0.4) is 0 Å².